The van der Waals surface area contributed by atoms with E-state index in [1.165, 1.54) is 24.3 Å². The zero-order valence-electron chi connectivity index (χ0n) is 18.0. The monoisotopic (exact) mass is 458 g/mol. The van der Waals surface area contributed by atoms with Gasteiger partial charge in [0.05, 0.1) is 17.2 Å². The first-order chi connectivity index (χ1) is 15.2. The smallest absolute Gasteiger partial charge is 0.341 e. The fourth-order valence-electron chi connectivity index (χ4n) is 4.17. The van der Waals surface area contributed by atoms with Gasteiger partial charge in [0, 0.05) is 17.9 Å². The molecule has 9 heteroatoms. The molecule has 2 aromatic carbocycles. The third-order valence-corrected chi connectivity index (χ3v) is 7.32. The van der Waals surface area contributed by atoms with Crippen LogP contribution < -0.4 is 9.46 Å². The number of hydrogen-bond acceptors (Lipinski definition) is 6. The molecule has 0 aromatic heterocycles. The number of anilines is 1. The highest BCUT2D eigenvalue weighted by Crippen LogP contribution is 2.55. The number of rotatable bonds is 9. The van der Waals surface area contributed by atoms with Crippen molar-refractivity contribution in [2.45, 2.75) is 30.1 Å². The molecule has 1 saturated carbocycles. The van der Waals surface area contributed by atoms with Crippen molar-refractivity contribution in [1.82, 2.24) is 4.90 Å². The van der Waals surface area contributed by atoms with Crippen molar-refractivity contribution in [2.24, 2.45) is 5.92 Å². The number of carbonyl (C=O) groups excluding carboxylic acids is 1. The molecule has 0 radical (unpaired) electrons. The van der Waals surface area contributed by atoms with Crippen molar-refractivity contribution in [3.05, 3.63) is 53.1 Å². The second-order valence-electron chi connectivity index (χ2n) is 8.56. The Morgan fingerprint density at radius 3 is 2.66 bits per heavy atom. The van der Waals surface area contributed by atoms with Crippen LogP contribution in [0.2, 0.25) is 0 Å². The number of carbonyl (C=O) groups is 2. The van der Waals surface area contributed by atoms with Crippen LogP contribution in [0.4, 0.5) is 5.69 Å². The maximum Gasteiger partial charge on any atom is 0.341 e. The van der Waals surface area contributed by atoms with E-state index in [1.54, 1.807) is 12.1 Å². The van der Waals surface area contributed by atoms with Gasteiger partial charge in [0.25, 0.3) is 10.0 Å². The highest BCUT2D eigenvalue weighted by atomic mass is 32.2. The zero-order chi connectivity index (χ0) is 23.0. The molecule has 2 atom stereocenters. The molecule has 8 nitrogen and oxygen atoms in total. The number of nitrogens with one attached hydrogen (secondary N) is 1. The first-order valence-corrected chi connectivity index (χ1v) is 12.0. The van der Waals surface area contributed by atoms with Gasteiger partial charge in [-0.1, -0.05) is 24.3 Å². The van der Waals surface area contributed by atoms with Crippen molar-refractivity contribution in [2.75, 3.05) is 32.0 Å². The van der Waals surface area contributed by atoms with E-state index < -0.39 is 16.0 Å². The average Bonchev–Trinajstić information content (AvgIpc) is 3.53. The van der Waals surface area contributed by atoms with Crippen LogP contribution in [0.25, 0.3) is 0 Å². The summed E-state index contributed by atoms with van der Waals surface area (Å²) in [7, 11) is -0.414. The lowest BCUT2D eigenvalue weighted by molar-refractivity contribution is 0.0692. The molecule has 2 unspecified atom stereocenters. The third kappa shape index (κ3) is 4.35. The lowest BCUT2D eigenvalue weighted by atomic mass is 10.0. The topological polar surface area (TPSA) is 113 Å². The van der Waals surface area contributed by atoms with Crippen LogP contribution in [0.15, 0.2) is 41.3 Å². The second kappa shape index (κ2) is 8.55. The van der Waals surface area contributed by atoms with Crippen LogP contribution in [-0.4, -0.2) is 57.4 Å². The number of ketones is 1. The maximum absolute atomic E-state index is 13.2. The Morgan fingerprint density at radius 1 is 1.19 bits per heavy atom. The summed E-state index contributed by atoms with van der Waals surface area (Å²) in [5.41, 5.74) is 0.611. The highest BCUT2D eigenvalue weighted by molar-refractivity contribution is 7.92. The number of carboxylic acid groups (broad SMARTS) is 1. The van der Waals surface area contributed by atoms with Gasteiger partial charge in [-0.05, 0) is 57.1 Å². The van der Waals surface area contributed by atoms with Crippen LogP contribution in [0.5, 0.6) is 5.75 Å². The molecule has 2 aromatic rings. The lowest BCUT2D eigenvalue weighted by Crippen LogP contribution is -2.21. The summed E-state index contributed by atoms with van der Waals surface area (Å²) in [4.78, 5) is 26.5. The van der Waals surface area contributed by atoms with Gasteiger partial charge >= 0.3 is 5.97 Å². The van der Waals surface area contributed by atoms with E-state index in [2.05, 4.69) is 4.72 Å². The molecule has 2 aliphatic rings. The van der Waals surface area contributed by atoms with E-state index in [9.17, 15) is 23.1 Å². The van der Waals surface area contributed by atoms with E-state index >= 15 is 0 Å². The van der Waals surface area contributed by atoms with Gasteiger partial charge in [-0.3, -0.25) is 9.52 Å². The normalized spacial score (nSPS) is 19.0. The van der Waals surface area contributed by atoms with Gasteiger partial charge in [-0.15, -0.1) is 0 Å². The summed E-state index contributed by atoms with van der Waals surface area (Å²) < 4.78 is 34.5. The molecule has 1 aliphatic carbocycles. The largest absolute Gasteiger partial charge is 0.492 e. The summed E-state index contributed by atoms with van der Waals surface area (Å²) in [5.74, 6) is -0.656. The van der Waals surface area contributed by atoms with Crippen LogP contribution >= 0.6 is 0 Å². The molecule has 2 N–H and O–H groups in total. The van der Waals surface area contributed by atoms with Crippen molar-refractivity contribution < 1.29 is 27.9 Å². The van der Waals surface area contributed by atoms with Crippen molar-refractivity contribution in [1.29, 1.82) is 0 Å². The molecule has 170 valence electrons. The summed E-state index contributed by atoms with van der Waals surface area (Å²) in [6, 6.07) is 9.17. The number of sulfonamides is 1. The molecule has 1 aliphatic heterocycles. The minimum Gasteiger partial charge on any atom is -0.492 e. The summed E-state index contributed by atoms with van der Waals surface area (Å²) in [6.45, 7) is 1.14. The Bertz CT molecular complexity index is 1180. The standard InChI is InChI=1S/C23H26N2O6S/c1-25(2)11-5-7-19(26)16-6-3-4-8-20(16)32(29,30)24-18-10-9-15-17-12-14(17)13-31-22(15)21(18)23(27)28/h3-4,6,8-10,14,17,24H,5,7,11-13H2,1-2H3,(H,27,28). The molecule has 1 heterocycles. The minimum absolute atomic E-state index is 0.0785. The molecule has 0 spiro atoms. The van der Waals surface area contributed by atoms with E-state index in [1.807, 2.05) is 19.0 Å². The van der Waals surface area contributed by atoms with Gasteiger partial charge in [-0.25, -0.2) is 13.2 Å². The van der Waals surface area contributed by atoms with E-state index in [0.29, 0.717) is 25.5 Å². The van der Waals surface area contributed by atoms with Crippen molar-refractivity contribution >= 4 is 27.5 Å². The fraction of sp³-hybridized carbons (Fsp3) is 0.391. The Labute approximate surface area is 187 Å². The third-order valence-electron chi connectivity index (χ3n) is 5.90. The number of Topliss-reactive ketones (excluding diaryl/α,β-unsaturated/α-hetero) is 1. The number of fused-ring (bicyclic) bond motifs is 3. The van der Waals surface area contributed by atoms with Crippen LogP contribution in [0, 0.1) is 5.92 Å². The lowest BCUT2D eigenvalue weighted by Gasteiger charge is -2.21. The van der Waals surface area contributed by atoms with E-state index in [4.69, 9.17) is 4.74 Å². The minimum atomic E-state index is -4.22. The number of benzene rings is 2. The first-order valence-electron chi connectivity index (χ1n) is 10.5. The molecule has 32 heavy (non-hydrogen) atoms. The van der Waals surface area contributed by atoms with Crippen molar-refractivity contribution in [3.63, 3.8) is 0 Å². The van der Waals surface area contributed by atoms with Gasteiger partial charge in [0.2, 0.25) is 0 Å². The Kier molecular flexibility index (Phi) is 5.96. The molecule has 0 amide bonds. The zero-order valence-corrected chi connectivity index (χ0v) is 18.8. The second-order valence-corrected chi connectivity index (χ2v) is 10.2. The van der Waals surface area contributed by atoms with E-state index in [0.717, 1.165) is 12.0 Å². The number of aromatic carboxylic acids is 1. The summed E-state index contributed by atoms with van der Waals surface area (Å²) >= 11 is 0. The molecule has 0 saturated heterocycles. The first kappa shape index (κ1) is 22.3. The highest BCUT2D eigenvalue weighted by Gasteiger charge is 2.45. The van der Waals surface area contributed by atoms with Gasteiger partial charge < -0.3 is 14.7 Å². The van der Waals surface area contributed by atoms with Gasteiger partial charge in [0.15, 0.2) is 5.78 Å². The average molecular weight is 459 g/mol. The Morgan fingerprint density at radius 2 is 1.94 bits per heavy atom. The number of ether oxygens (including phenoxy) is 1. The van der Waals surface area contributed by atoms with Crippen molar-refractivity contribution in [3.8, 4) is 5.75 Å². The quantitative estimate of drug-likeness (QED) is 0.555. The number of carboxylic acids is 1. The maximum atomic E-state index is 13.2. The van der Waals surface area contributed by atoms with Crippen LogP contribution in [-0.2, 0) is 10.0 Å². The molecule has 1 fully saturated rings. The number of nitrogens with zero attached hydrogens (tertiary/aromatic N) is 1. The van der Waals surface area contributed by atoms with Gasteiger partial charge in [0.1, 0.15) is 11.3 Å². The molecular weight excluding hydrogens is 432 g/mol. The predicted octanol–water partition coefficient (Wildman–Crippen LogP) is 3.21. The van der Waals surface area contributed by atoms with Crippen LogP contribution in [0.3, 0.4) is 0 Å². The SMILES string of the molecule is CN(C)CCCC(=O)c1ccccc1S(=O)(=O)Nc1ccc2c(c1C(=O)O)OCC1CC21. The summed E-state index contributed by atoms with van der Waals surface area (Å²) in [5, 5.41) is 9.80. The fourth-order valence-corrected chi connectivity index (χ4v) is 5.47. The molecule has 4 rings (SSSR count). The Hall–Kier alpha value is -2.91. The molecular formula is C23H26N2O6S. The predicted molar refractivity (Wildman–Crippen MR) is 119 cm³/mol. The Balaban J connectivity index is 1.65. The summed E-state index contributed by atoms with van der Waals surface area (Å²) in [6.07, 6.45) is 1.75. The molecule has 0 bridgehead atoms. The van der Waals surface area contributed by atoms with Gasteiger partial charge in [-0.2, -0.15) is 0 Å². The van der Waals surface area contributed by atoms with Crippen LogP contribution in [0.1, 0.15) is 51.5 Å². The van der Waals surface area contributed by atoms with E-state index in [-0.39, 0.29) is 45.6 Å². The number of hydrogen-bond donors (Lipinski definition) is 2.